The molecule has 1 aromatic carbocycles. The molecule has 116 valence electrons. The van der Waals surface area contributed by atoms with Crippen LogP contribution in [0.1, 0.15) is 30.7 Å². The standard InChI is InChI=1S/C16H17BrFN3O/c1-21-16(22)15(17)14(9-19-21)20-13-4-2-3-12(13)10-5-7-11(18)8-6-10/h5-9,12-13,20H,2-4H2,1H3. The van der Waals surface area contributed by atoms with Gasteiger partial charge in [0, 0.05) is 19.0 Å². The largest absolute Gasteiger partial charge is 0.379 e. The minimum atomic E-state index is -0.218. The van der Waals surface area contributed by atoms with Gasteiger partial charge in [0.15, 0.2) is 0 Å². The first-order valence-electron chi connectivity index (χ1n) is 7.30. The molecule has 1 aliphatic carbocycles. The number of rotatable bonds is 3. The Morgan fingerprint density at radius 3 is 2.77 bits per heavy atom. The zero-order valence-corrected chi connectivity index (χ0v) is 13.8. The number of halogens is 2. The predicted molar refractivity (Wildman–Crippen MR) is 87.6 cm³/mol. The van der Waals surface area contributed by atoms with Crippen LogP contribution in [-0.4, -0.2) is 15.8 Å². The fraction of sp³-hybridized carbons (Fsp3) is 0.375. The van der Waals surface area contributed by atoms with E-state index in [1.165, 1.54) is 16.8 Å². The highest BCUT2D eigenvalue weighted by Gasteiger charge is 2.29. The Labute approximate surface area is 136 Å². The summed E-state index contributed by atoms with van der Waals surface area (Å²) in [5.74, 6) is 0.0984. The van der Waals surface area contributed by atoms with Gasteiger partial charge in [-0.3, -0.25) is 4.79 Å². The Kier molecular flexibility index (Phi) is 4.29. The third-order valence-corrected chi connectivity index (χ3v) is 5.00. The third kappa shape index (κ3) is 2.92. The van der Waals surface area contributed by atoms with Gasteiger partial charge in [0.25, 0.3) is 5.56 Å². The van der Waals surface area contributed by atoms with Crippen molar-refractivity contribution < 1.29 is 4.39 Å². The summed E-state index contributed by atoms with van der Waals surface area (Å²) in [5, 5.41) is 7.48. The molecule has 0 bridgehead atoms. The number of aromatic nitrogens is 2. The molecular weight excluding hydrogens is 349 g/mol. The number of aryl methyl sites for hydroxylation is 1. The summed E-state index contributed by atoms with van der Waals surface area (Å²) >= 11 is 3.34. The van der Waals surface area contributed by atoms with Crippen molar-refractivity contribution >= 4 is 21.6 Å². The van der Waals surface area contributed by atoms with Crippen LogP contribution in [0.25, 0.3) is 0 Å². The van der Waals surface area contributed by atoms with Crippen LogP contribution in [0.2, 0.25) is 0 Å². The fourth-order valence-corrected chi connectivity index (χ4v) is 3.53. The first kappa shape index (κ1) is 15.2. The van der Waals surface area contributed by atoms with Gasteiger partial charge in [0.1, 0.15) is 10.3 Å². The second kappa shape index (κ2) is 6.20. The molecule has 0 radical (unpaired) electrons. The van der Waals surface area contributed by atoms with Crippen LogP contribution in [0.5, 0.6) is 0 Å². The minimum absolute atomic E-state index is 0.165. The molecule has 1 aromatic heterocycles. The summed E-state index contributed by atoms with van der Waals surface area (Å²) in [6.07, 6.45) is 4.84. The molecule has 2 unspecified atom stereocenters. The lowest BCUT2D eigenvalue weighted by atomic mass is 9.94. The van der Waals surface area contributed by atoms with Gasteiger partial charge in [-0.15, -0.1) is 0 Å². The van der Waals surface area contributed by atoms with Gasteiger partial charge in [-0.2, -0.15) is 5.10 Å². The van der Waals surface area contributed by atoms with E-state index in [2.05, 4.69) is 26.3 Å². The maximum atomic E-state index is 13.1. The average molecular weight is 366 g/mol. The van der Waals surface area contributed by atoms with Crippen molar-refractivity contribution in [1.82, 2.24) is 9.78 Å². The Bertz CT molecular complexity index is 729. The number of hydrogen-bond donors (Lipinski definition) is 1. The number of hydrogen-bond acceptors (Lipinski definition) is 3. The van der Waals surface area contributed by atoms with E-state index in [1.54, 1.807) is 13.2 Å². The van der Waals surface area contributed by atoms with Crippen LogP contribution < -0.4 is 10.9 Å². The molecule has 1 fully saturated rings. The second-order valence-electron chi connectivity index (χ2n) is 5.64. The summed E-state index contributed by atoms with van der Waals surface area (Å²) < 4.78 is 14.9. The average Bonchev–Trinajstić information content (AvgIpc) is 2.97. The van der Waals surface area contributed by atoms with Gasteiger partial charge >= 0.3 is 0 Å². The van der Waals surface area contributed by atoms with Crippen LogP contribution in [-0.2, 0) is 7.05 Å². The topological polar surface area (TPSA) is 46.9 Å². The Balaban J connectivity index is 1.84. The van der Waals surface area contributed by atoms with E-state index in [-0.39, 0.29) is 17.4 Å². The number of anilines is 1. The highest BCUT2D eigenvalue weighted by atomic mass is 79.9. The van der Waals surface area contributed by atoms with Gasteiger partial charge in [0.05, 0.1) is 11.9 Å². The van der Waals surface area contributed by atoms with Crippen molar-refractivity contribution in [2.75, 3.05) is 5.32 Å². The Morgan fingerprint density at radius 2 is 2.05 bits per heavy atom. The summed E-state index contributed by atoms with van der Waals surface area (Å²) in [6.45, 7) is 0. The van der Waals surface area contributed by atoms with Crippen molar-refractivity contribution in [1.29, 1.82) is 0 Å². The molecule has 0 spiro atoms. The van der Waals surface area contributed by atoms with Gasteiger partial charge in [-0.1, -0.05) is 18.6 Å². The maximum Gasteiger partial charge on any atom is 0.282 e. The number of nitrogens with zero attached hydrogens (tertiary/aromatic N) is 2. The van der Waals surface area contributed by atoms with E-state index in [0.717, 1.165) is 24.8 Å². The molecule has 0 amide bonds. The normalized spacial score (nSPS) is 21.0. The monoisotopic (exact) mass is 365 g/mol. The van der Waals surface area contributed by atoms with E-state index in [0.29, 0.717) is 16.1 Å². The van der Waals surface area contributed by atoms with E-state index in [9.17, 15) is 9.18 Å². The molecule has 2 atom stereocenters. The smallest absolute Gasteiger partial charge is 0.282 e. The molecule has 1 N–H and O–H groups in total. The lowest BCUT2D eigenvalue weighted by Gasteiger charge is -2.23. The van der Waals surface area contributed by atoms with E-state index in [1.807, 2.05) is 12.1 Å². The highest BCUT2D eigenvalue weighted by Crippen LogP contribution is 2.37. The van der Waals surface area contributed by atoms with Crippen LogP contribution in [0.4, 0.5) is 10.1 Å². The van der Waals surface area contributed by atoms with Gasteiger partial charge in [-0.05, 0) is 46.5 Å². The number of benzene rings is 1. The lowest BCUT2D eigenvalue weighted by molar-refractivity contribution is 0.618. The number of nitrogens with one attached hydrogen (secondary N) is 1. The zero-order valence-electron chi connectivity index (χ0n) is 12.2. The first-order chi connectivity index (χ1) is 10.6. The molecular formula is C16H17BrFN3O. The highest BCUT2D eigenvalue weighted by molar-refractivity contribution is 9.10. The third-order valence-electron chi connectivity index (χ3n) is 4.23. The Morgan fingerprint density at radius 1 is 1.32 bits per heavy atom. The summed E-state index contributed by atoms with van der Waals surface area (Å²) in [7, 11) is 1.62. The van der Waals surface area contributed by atoms with Crippen LogP contribution in [0, 0.1) is 5.82 Å². The maximum absolute atomic E-state index is 13.1. The molecule has 22 heavy (non-hydrogen) atoms. The van der Waals surface area contributed by atoms with Crippen LogP contribution in [0.3, 0.4) is 0 Å². The summed E-state index contributed by atoms with van der Waals surface area (Å²) in [4.78, 5) is 11.9. The van der Waals surface area contributed by atoms with Crippen LogP contribution >= 0.6 is 15.9 Å². The molecule has 4 nitrogen and oxygen atoms in total. The molecule has 3 rings (SSSR count). The van der Waals surface area contributed by atoms with E-state index in [4.69, 9.17) is 0 Å². The van der Waals surface area contributed by atoms with Crippen LogP contribution in [0.15, 0.2) is 39.7 Å². The van der Waals surface area contributed by atoms with Gasteiger partial charge < -0.3 is 5.32 Å². The van der Waals surface area contributed by atoms with Gasteiger partial charge in [0.2, 0.25) is 0 Å². The molecule has 0 saturated heterocycles. The van der Waals surface area contributed by atoms with Crippen molar-refractivity contribution in [3.63, 3.8) is 0 Å². The fourth-order valence-electron chi connectivity index (χ4n) is 3.05. The molecule has 1 heterocycles. The molecule has 1 saturated carbocycles. The predicted octanol–water partition coefficient (Wildman–Crippen LogP) is 3.43. The van der Waals surface area contributed by atoms with Crippen molar-refractivity contribution in [3.05, 3.63) is 56.7 Å². The summed E-state index contributed by atoms with van der Waals surface area (Å²) in [5.41, 5.74) is 1.67. The SMILES string of the molecule is Cn1ncc(NC2CCCC2c2ccc(F)cc2)c(Br)c1=O. The molecule has 6 heteroatoms. The van der Waals surface area contributed by atoms with Crippen molar-refractivity contribution in [2.24, 2.45) is 7.05 Å². The Hall–Kier alpha value is -1.69. The first-order valence-corrected chi connectivity index (χ1v) is 8.09. The second-order valence-corrected chi connectivity index (χ2v) is 6.43. The van der Waals surface area contributed by atoms with Crippen molar-refractivity contribution in [2.45, 2.75) is 31.2 Å². The molecule has 0 aliphatic heterocycles. The zero-order chi connectivity index (χ0) is 15.7. The molecule has 1 aliphatic rings. The van der Waals surface area contributed by atoms with Crippen molar-refractivity contribution in [3.8, 4) is 0 Å². The lowest BCUT2D eigenvalue weighted by Crippen LogP contribution is -2.26. The van der Waals surface area contributed by atoms with Gasteiger partial charge in [-0.25, -0.2) is 9.07 Å². The van der Waals surface area contributed by atoms with E-state index >= 15 is 0 Å². The molecule has 2 aromatic rings. The minimum Gasteiger partial charge on any atom is -0.379 e. The van der Waals surface area contributed by atoms with E-state index < -0.39 is 0 Å². The quantitative estimate of drug-likeness (QED) is 0.906. The summed E-state index contributed by atoms with van der Waals surface area (Å²) in [6, 6.07) is 6.91.